The van der Waals surface area contributed by atoms with Crippen molar-refractivity contribution < 1.29 is 0 Å². The highest BCUT2D eigenvalue weighted by Crippen LogP contribution is 2.32. The molecule has 1 N–H and O–H groups in total. The Kier molecular flexibility index (Phi) is 4.86. The molecule has 1 aliphatic carbocycles. The smallest absolute Gasteiger partial charge is 0.0405 e. The van der Waals surface area contributed by atoms with Crippen molar-refractivity contribution in [1.29, 1.82) is 0 Å². The van der Waals surface area contributed by atoms with Crippen LogP contribution in [0.25, 0.3) is 5.70 Å². The minimum atomic E-state index is 1.10. The fraction of sp³-hybridized carbons (Fsp3) is 0.529. The molecule has 0 heterocycles. The van der Waals surface area contributed by atoms with Gasteiger partial charge in [-0.3, -0.25) is 0 Å². The molecule has 98 valence electrons. The summed E-state index contributed by atoms with van der Waals surface area (Å²) in [6, 6.07) is 9.07. The second-order valence-electron chi connectivity index (χ2n) is 5.16. The number of benzene rings is 1. The average molecular weight is 243 g/mol. The lowest BCUT2D eigenvalue weighted by Gasteiger charge is -2.23. The minimum Gasteiger partial charge on any atom is -0.385 e. The van der Waals surface area contributed by atoms with Crippen molar-refractivity contribution in [3.8, 4) is 0 Å². The lowest BCUT2D eigenvalue weighted by Crippen LogP contribution is -2.18. The van der Waals surface area contributed by atoms with Gasteiger partial charge >= 0.3 is 0 Å². The second-order valence-corrected chi connectivity index (χ2v) is 5.16. The third-order valence-corrected chi connectivity index (χ3v) is 3.79. The van der Waals surface area contributed by atoms with Gasteiger partial charge in [-0.2, -0.15) is 0 Å². The molecule has 1 nitrogen and oxygen atoms in total. The SMILES string of the molecule is CCCCNC(=C1CCC1)c1ccc(CC)cc1. The van der Waals surface area contributed by atoms with Crippen LogP contribution in [0.4, 0.5) is 0 Å². The lowest BCUT2D eigenvalue weighted by molar-refractivity contribution is 0.650. The van der Waals surface area contributed by atoms with E-state index in [4.69, 9.17) is 0 Å². The molecule has 1 fully saturated rings. The molecular formula is C17H25N. The fourth-order valence-corrected chi connectivity index (χ4v) is 2.33. The van der Waals surface area contributed by atoms with Crippen LogP contribution >= 0.6 is 0 Å². The van der Waals surface area contributed by atoms with E-state index in [-0.39, 0.29) is 0 Å². The van der Waals surface area contributed by atoms with Gasteiger partial charge in [0.1, 0.15) is 0 Å². The quantitative estimate of drug-likeness (QED) is 0.724. The standard InChI is InChI=1S/C17H25N/c1-3-5-13-18-17(15-7-6-8-15)16-11-9-14(4-2)10-12-16/h9-12,18H,3-8,13H2,1-2H3. The molecule has 0 atom stereocenters. The monoisotopic (exact) mass is 243 g/mol. The van der Waals surface area contributed by atoms with Crippen molar-refractivity contribution >= 4 is 5.70 Å². The van der Waals surface area contributed by atoms with E-state index in [1.165, 1.54) is 48.9 Å². The molecule has 0 spiro atoms. The Morgan fingerprint density at radius 1 is 1.11 bits per heavy atom. The second kappa shape index (κ2) is 6.63. The van der Waals surface area contributed by atoms with Crippen molar-refractivity contribution in [2.75, 3.05) is 6.54 Å². The van der Waals surface area contributed by atoms with Gasteiger partial charge in [0, 0.05) is 12.2 Å². The number of hydrogen-bond acceptors (Lipinski definition) is 1. The molecule has 1 aromatic carbocycles. The van der Waals surface area contributed by atoms with Crippen LogP contribution in [-0.4, -0.2) is 6.54 Å². The van der Waals surface area contributed by atoms with Crippen LogP contribution in [0.2, 0.25) is 0 Å². The third-order valence-electron chi connectivity index (χ3n) is 3.79. The maximum atomic E-state index is 3.66. The van der Waals surface area contributed by atoms with Crippen LogP contribution in [0.3, 0.4) is 0 Å². The fourth-order valence-electron chi connectivity index (χ4n) is 2.33. The highest BCUT2D eigenvalue weighted by Gasteiger charge is 2.15. The van der Waals surface area contributed by atoms with Gasteiger partial charge in [0.05, 0.1) is 0 Å². The molecule has 0 radical (unpaired) electrons. The van der Waals surface area contributed by atoms with Crippen molar-refractivity contribution in [1.82, 2.24) is 5.32 Å². The van der Waals surface area contributed by atoms with Gasteiger partial charge in [-0.15, -0.1) is 0 Å². The van der Waals surface area contributed by atoms with Gasteiger partial charge in [0.15, 0.2) is 0 Å². The zero-order valence-corrected chi connectivity index (χ0v) is 11.8. The first-order valence-electron chi connectivity index (χ1n) is 7.40. The van der Waals surface area contributed by atoms with Gasteiger partial charge in [-0.05, 0) is 48.8 Å². The molecule has 1 heteroatoms. The Bertz CT molecular complexity index is 394. The summed E-state index contributed by atoms with van der Waals surface area (Å²) in [6.07, 6.45) is 7.55. The van der Waals surface area contributed by atoms with Gasteiger partial charge < -0.3 is 5.32 Å². The van der Waals surface area contributed by atoms with E-state index in [0.717, 1.165) is 13.0 Å². The molecule has 1 saturated carbocycles. The lowest BCUT2D eigenvalue weighted by atomic mass is 9.88. The van der Waals surface area contributed by atoms with E-state index in [1.54, 1.807) is 5.57 Å². The van der Waals surface area contributed by atoms with Crippen LogP contribution < -0.4 is 5.32 Å². The van der Waals surface area contributed by atoms with E-state index in [9.17, 15) is 0 Å². The summed E-state index contributed by atoms with van der Waals surface area (Å²) >= 11 is 0. The summed E-state index contributed by atoms with van der Waals surface area (Å²) in [4.78, 5) is 0. The maximum absolute atomic E-state index is 3.66. The molecule has 18 heavy (non-hydrogen) atoms. The van der Waals surface area contributed by atoms with Crippen molar-refractivity contribution in [2.45, 2.75) is 52.4 Å². The molecule has 2 rings (SSSR count). The van der Waals surface area contributed by atoms with Crippen molar-refractivity contribution in [3.63, 3.8) is 0 Å². The highest BCUT2D eigenvalue weighted by molar-refractivity contribution is 5.68. The number of nitrogens with one attached hydrogen (secondary N) is 1. The van der Waals surface area contributed by atoms with Crippen LogP contribution in [-0.2, 0) is 6.42 Å². The predicted octanol–water partition coefficient (Wildman–Crippen LogP) is 4.53. The summed E-state index contributed by atoms with van der Waals surface area (Å²) in [5, 5.41) is 3.66. The van der Waals surface area contributed by atoms with Gasteiger partial charge in [0.2, 0.25) is 0 Å². The number of hydrogen-bond donors (Lipinski definition) is 1. The molecule has 0 saturated heterocycles. The van der Waals surface area contributed by atoms with Crippen molar-refractivity contribution in [2.24, 2.45) is 0 Å². The Labute approximate surface area is 111 Å². The summed E-state index contributed by atoms with van der Waals surface area (Å²) in [7, 11) is 0. The molecule has 1 aliphatic rings. The van der Waals surface area contributed by atoms with Crippen LogP contribution in [0.15, 0.2) is 29.8 Å². The Morgan fingerprint density at radius 3 is 2.33 bits per heavy atom. The normalized spacial score (nSPS) is 14.2. The first-order chi connectivity index (χ1) is 8.85. The van der Waals surface area contributed by atoms with Gasteiger partial charge in [0.25, 0.3) is 0 Å². The Morgan fingerprint density at radius 2 is 1.83 bits per heavy atom. The summed E-state index contributed by atoms with van der Waals surface area (Å²) in [5.74, 6) is 0. The number of rotatable bonds is 6. The van der Waals surface area contributed by atoms with E-state index in [1.807, 2.05) is 0 Å². The Hall–Kier alpha value is -1.24. The molecular weight excluding hydrogens is 218 g/mol. The molecule has 0 unspecified atom stereocenters. The van der Waals surface area contributed by atoms with Crippen LogP contribution in [0.1, 0.15) is 57.1 Å². The summed E-state index contributed by atoms with van der Waals surface area (Å²) in [5.41, 5.74) is 5.83. The zero-order chi connectivity index (χ0) is 12.8. The average Bonchev–Trinajstić information content (AvgIpc) is 2.36. The first kappa shape index (κ1) is 13.2. The largest absolute Gasteiger partial charge is 0.385 e. The molecule has 0 aliphatic heterocycles. The van der Waals surface area contributed by atoms with Crippen LogP contribution in [0, 0.1) is 0 Å². The molecule has 1 aromatic rings. The molecule has 0 bridgehead atoms. The topological polar surface area (TPSA) is 12.0 Å². The molecule has 0 aromatic heterocycles. The van der Waals surface area contributed by atoms with Gasteiger partial charge in [-0.25, -0.2) is 0 Å². The van der Waals surface area contributed by atoms with Gasteiger partial charge in [-0.1, -0.05) is 44.5 Å². The maximum Gasteiger partial charge on any atom is 0.0405 e. The minimum absolute atomic E-state index is 1.10. The zero-order valence-electron chi connectivity index (χ0n) is 11.8. The summed E-state index contributed by atoms with van der Waals surface area (Å²) < 4.78 is 0. The third kappa shape index (κ3) is 3.16. The van der Waals surface area contributed by atoms with E-state index in [0.29, 0.717) is 0 Å². The van der Waals surface area contributed by atoms with E-state index < -0.39 is 0 Å². The first-order valence-corrected chi connectivity index (χ1v) is 7.40. The number of aryl methyl sites for hydroxylation is 1. The van der Waals surface area contributed by atoms with E-state index in [2.05, 4.69) is 43.4 Å². The van der Waals surface area contributed by atoms with E-state index >= 15 is 0 Å². The summed E-state index contributed by atoms with van der Waals surface area (Å²) in [6.45, 7) is 5.55. The predicted molar refractivity (Wildman–Crippen MR) is 79.5 cm³/mol. The Balaban J connectivity index is 2.12. The van der Waals surface area contributed by atoms with Crippen LogP contribution in [0.5, 0.6) is 0 Å². The highest BCUT2D eigenvalue weighted by atomic mass is 14.9. The number of unbranched alkanes of at least 4 members (excludes halogenated alkanes) is 1. The van der Waals surface area contributed by atoms with Crippen molar-refractivity contribution in [3.05, 3.63) is 41.0 Å². The molecule has 0 amide bonds. The number of allylic oxidation sites excluding steroid dienone is 1.